The van der Waals surface area contributed by atoms with Crippen LogP contribution in [-0.2, 0) is 26.1 Å². The molecule has 2 aromatic rings. The fraction of sp³-hybridized carbons (Fsp3) is 0.500. The molecule has 160 valence electrons. The van der Waals surface area contributed by atoms with Gasteiger partial charge in [0.1, 0.15) is 11.6 Å². The number of guanidine groups is 1. The SMILES string of the molecule is CN=C(NCc1ccc(C)cc1OCC(F)(F)F)NCc1nnc2n1CCC2.I. The van der Waals surface area contributed by atoms with Crippen LogP contribution in [0.2, 0.25) is 0 Å². The summed E-state index contributed by atoms with van der Waals surface area (Å²) < 4.78 is 44.5. The molecule has 0 bridgehead atoms. The number of halogens is 4. The summed E-state index contributed by atoms with van der Waals surface area (Å²) in [5, 5.41) is 14.6. The van der Waals surface area contributed by atoms with Gasteiger partial charge in [-0.1, -0.05) is 12.1 Å². The third kappa shape index (κ3) is 6.47. The first-order chi connectivity index (χ1) is 13.4. The number of aliphatic imine (C=N–C) groups is 1. The van der Waals surface area contributed by atoms with E-state index in [0.717, 1.165) is 36.6 Å². The van der Waals surface area contributed by atoms with Crippen molar-refractivity contribution >= 4 is 29.9 Å². The first-order valence-electron chi connectivity index (χ1n) is 9.00. The summed E-state index contributed by atoms with van der Waals surface area (Å²) in [4.78, 5) is 4.14. The number of rotatable bonds is 6. The monoisotopic (exact) mass is 524 g/mol. The highest BCUT2D eigenvalue weighted by Gasteiger charge is 2.28. The Morgan fingerprint density at radius 2 is 2.00 bits per heavy atom. The van der Waals surface area contributed by atoms with Gasteiger partial charge >= 0.3 is 6.18 Å². The summed E-state index contributed by atoms with van der Waals surface area (Å²) in [7, 11) is 1.62. The van der Waals surface area contributed by atoms with Crippen molar-refractivity contribution < 1.29 is 17.9 Å². The first kappa shape index (κ1) is 23.2. The van der Waals surface area contributed by atoms with Gasteiger partial charge in [0.25, 0.3) is 0 Å². The van der Waals surface area contributed by atoms with Crippen molar-refractivity contribution in [3.8, 4) is 5.75 Å². The van der Waals surface area contributed by atoms with Crippen molar-refractivity contribution in [1.29, 1.82) is 0 Å². The van der Waals surface area contributed by atoms with Crippen LogP contribution in [0.15, 0.2) is 23.2 Å². The third-order valence-corrected chi connectivity index (χ3v) is 4.38. The Kier molecular flexibility index (Phi) is 8.11. The summed E-state index contributed by atoms with van der Waals surface area (Å²) >= 11 is 0. The van der Waals surface area contributed by atoms with E-state index in [2.05, 4.69) is 30.4 Å². The number of benzene rings is 1. The number of nitrogens with zero attached hydrogens (tertiary/aromatic N) is 4. The predicted octanol–water partition coefficient (Wildman–Crippen LogP) is 2.96. The number of ether oxygens (including phenoxy) is 1. The molecule has 1 aromatic heterocycles. The Balaban J connectivity index is 0.00000300. The van der Waals surface area contributed by atoms with Gasteiger partial charge in [0.05, 0.1) is 6.54 Å². The maximum atomic E-state index is 12.5. The van der Waals surface area contributed by atoms with E-state index in [4.69, 9.17) is 4.74 Å². The number of hydrogen-bond acceptors (Lipinski definition) is 4. The predicted molar refractivity (Wildman–Crippen MR) is 114 cm³/mol. The molecule has 0 radical (unpaired) electrons. The summed E-state index contributed by atoms with van der Waals surface area (Å²) in [6.45, 7) is 2.11. The molecule has 1 aliphatic rings. The van der Waals surface area contributed by atoms with Crippen LogP contribution in [0.5, 0.6) is 5.75 Å². The van der Waals surface area contributed by atoms with Gasteiger partial charge in [-0.25, -0.2) is 0 Å². The molecule has 1 aromatic carbocycles. The lowest BCUT2D eigenvalue weighted by molar-refractivity contribution is -0.153. The molecule has 1 aliphatic heterocycles. The van der Waals surface area contributed by atoms with E-state index in [1.54, 1.807) is 26.1 Å². The lowest BCUT2D eigenvalue weighted by Gasteiger charge is -2.16. The van der Waals surface area contributed by atoms with E-state index in [1.165, 1.54) is 0 Å². The fourth-order valence-electron chi connectivity index (χ4n) is 3.01. The summed E-state index contributed by atoms with van der Waals surface area (Å²) in [6.07, 6.45) is -2.38. The Morgan fingerprint density at radius 3 is 2.72 bits per heavy atom. The van der Waals surface area contributed by atoms with Crippen LogP contribution in [-0.4, -0.2) is 40.6 Å². The minimum absolute atomic E-state index is 0. The van der Waals surface area contributed by atoms with Crippen molar-refractivity contribution in [3.63, 3.8) is 0 Å². The minimum Gasteiger partial charge on any atom is -0.484 e. The number of hydrogen-bond donors (Lipinski definition) is 2. The van der Waals surface area contributed by atoms with Crippen molar-refractivity contribution in [2.45, 2.75) is 45.6 Å². The smallest absolute Gasteiger partial charge is 0.422 e. The average molecular weight is 524 g/mol. The zero-order chi connectivity index (χ0) is 20.1. The standard InChI is InChI=1S/C18H23F3N6O.HI/c1-12-5-6-13(14(8-12)28-11-18(19,20)21)9-23-17(22-2)24-10-16-26-25-15-4-3-7-27(15)16;/h5-6,8H,3-4,7,9-11H2,1-2H3,(H2,22,23,24);1H. The second-order valence-corrected chi connectivity index (χ2v) is 6.58. The quantitative estimate of drug-likeness (QED) is 0.346. The molecule has 0 saturated carbocycles. The normalized spacial score (nSPS) is 13.6. The van der Waals surface area contributed by atoms with Crippen LogP contribution in [0.1, 0.15) is 29.2 Å². The van der Waals surface area contributed by atoms with Crippen molar-refractivity contribution in [2.75, 3.05) is 13.7 Å². The van der Waals surface area contributed by atoms with Gasteiger partial charge in [0.15, 0.2) is 18.4 Å². The lowest BCUT2D eigenvalue weighted by atomic mass is 10.1. The number of aryl methyl sites for hydroxylation is 2. The summed E-state index contributed by atoms with van der Waals surface area (Å²) in [5.41, 5.74) is 1.44. The molecule has 0 amide bonds. The number of fused-ring (bicyclic) bond motifs is 1. The maximum Gasteiger partial charge on any atom is 0.422 e. The highest BCUT2D eigenvalue weighted by molar-refractivity contribution is 14.0. The average Bonchev–Trinajstić information content (AvgIpc) is 3.25. The second kappa shape index (κ2) is 10.1. The van der Waals surface area contributed by atoms with Crippen molar-refractivity contribution in [3.05, 3.63) is 41.0 Å². The highest BCUT2D eigenvalue weighted by Crippen LogP contribution is 2.23. The van der Waals surface area contributed by atoms with Crippen LogP contribution in [0, 0.1) is 6.92 Å². The van der Waals surface area contributed by atoms with Crippen molar-refractivity contribution in [1.82, 2.24) is 25.4 Å². The topological polar surface area (TPSA) is 76.4 Å². The van der Waals surface area contributed by atoms with Gasteiger partial charge in [-0.15, -0.1) is 34.2 Å². The van der Waals surface area contributed by atoms with Crippen LogP contribution in [0.3, 0.4) is 0 Å². The molecule has 2 heterocycles. The zero-order valence-corrected chi connectivity index (χ0v) is 18.5. The lowest BCUT2D eigenvalue weighted by Crippen LogP contribution is -2.37. The minimum atomic E-state index is -4.38. The third-order valence-electron chi connectivity index (χ3n) is 4.38. The zero-order valence-electron chi connectivity index (χ0n) is 16.2. The molecular formula is C18H24F3IN6O. The fourth-order valence-corrected chi connectivity index (χ4v) is 3.01. The van der Waals surface area contributed by atoms with Gasteiger partial charge in [-0.2, -0.15) is 13.2 Å². The van der Waals surface area contributed by atoms with Gasteiger partial charge in [-0.3, -0.25) is 4.99 Å². The van der Waals surface area contributed by atoms with E-state index in [0.29, 0.717) is 18.1 Å². The Labute approximate surface area is 184 Å². The summed E-state index contributed by atoms with van der Waals surface area (Å²) in [5.74, 6) is 2.54. The van der Waals surface area contributed by atoms with Gasteiger partial charge in [-0.05, 0) is 25.0 Å². The maximum absolute atomic E-state index is 12.5. The Hall–Kier alpha value is -2.05. The summed E-state index contributed by atoms with van der Waals surface area (Å²) in [6, 6.07) is 5.16. The molecule has 0 fully saturated rings. The van der Waals surface area contributed by atoms with Crippen LogP contribution >= 0.6 is 24.0 Å². The van der Waals surface area contributed by atoms with Crippen LogP contribution in [0.4, 0.5) is 13.2 Å². The first-order valence-corrected chi connectivity index (χ1v) is 9.00. The molecule has 11 heteroatoms. The molecular weight excluding hydrogens is 500 g/mol. The highest BCUT2D eigenvalue weighted by atomic mass is 127. The molecule has 0 unspecified atom stereocenters. The molecule has 7 nitrogen and oxygen atoms in total. The van der Waals surface area contributed by atoms with Crippen molar-refractivity contribution in [2.24, 2.45) is 4.99 Å². The molecule has 0 aliphatic carbocycles. The molecule has 2 N–H and O–H groups in total. The van der Waals surface area contributed by atoms with E-state index in [9.17, 15) is 13.2 Å². The van der Waals surface area contributed by atoms with Gasteiger partial charge in [0, 0.05) is 32.1 Å². The molecule has 3 rings (SSSR count). The van der Waals surface area contributed by atoms with E-state index in [-0.39, 0.29) is 36.3 Å². The van der Waals surface area contributed by atoms with E-state index < -0.39 is 12.8 Å². The van der Waals surface area contributed by atoms with Gasteiger partial charge in [0.2, 0.25) is 0 Å². The van der Waals surface area contributed by atoms with Crippen LogP contribution < -0.4 is 15.4 Å². The Bertz CT molecular complexity index is 853. The number of alkyl halides is 3. The van der Waals surface area contributed by atoms with E-state index in [1.807, 2.05) is 6.07 Å². The molecule has 29 heavy (non-hydrogen) atoms. The van der Waals surface area contributed by atoms with Crippen LogP contribution in [0.25, 0.3) is 0 Å². The largest absolute Gasteiger partial charge is 0.484 e. The number of nitrogens with one attached hydrogen (secondary N) is 2. The molecule has 0 spiro atoms. The molecule has 0 atom stereocenters. The van der Waals surface area contributed by atoms with Gasteiger partial charge < -0.3 is 19.9 Å². The second-order valence-electron chi connectivity index (χ2n) is 6.58. The Morgan fingerprint density at radius 1 is 1.24 bits per heavy atom. The molecule has 0 saturated heterocycles. The number of aromatic nitrogens is 3. The van der Waals surface area contributed by atoms with E-state index >= 15 is 0 Å².